The average Bonchev–Trinajstić information content (AvgIpc) is 2.65. The molecule has 0 aliphatic heterocycles. The number of rotatable bonds is 6. The summed E-state index contributed by atoms with van der Waals surface area (Å²) in [6, 6.07) is 11.9. The molecule has 0 aliphatic rings. The number of nitrogens with zero attached hydrogens (tertiary/aromatic N) is 3. The van der Waals surface area contributed by atoms with Crippen LogP contribution in [0.4, 0.5) is 17.2 Å². The van der Waals surface area contributed by atoms with Crippen LogP contribution in [-0.2, 0) is 0 Å². The van der Waals surface area contributed by atoms with Crippen molar-refractivity contribution < 1.29 is 14.5 Å². The van der Waals surface area contributed by atoms with Gasteiger partial charge in [-0.2, -0.15) is 4.98 Å². The van der Waals surface area contributed by atoms with E-state index >= 15 is 0 Å². The predicted octanol–water partition coefficient (Wildman–Crippen LogP) is 4.74. The van der Waals surface area contributed by atoms with E-state index in [4.69, 9.17) is 4.74 Å². The molecule has 28 heavy (non-hydrogen) atoms. The largest absolute Gasteiger partial charge is 0.434 e. The van der Waals surface area contributed by atoms with Crippen LogP contribution in [0.2, 0.25) is 0 Å². The Balaban J connectivity index is 1.93. The van der Waals surface area contributed by atoms with Crippen molar-refractivity contribution >= 4 is 23.0 Å². The Morgan fingerprint density at radius 1 is 1.07 bits per heavy atom. The van der Waals surface area contributed by atoms with Crippen LogP contribution in [-0.4, -0.2) is 20.7 Å². The van der Waals surface area contributed by atoms with Crippen molar-refractivity contribution in [2.24, 2.45) is 0 Å². The third kappa shape index (κ3) is 4.12. The molecule has 0 amide bonds. The molecule has 0 aliphatic carbocycles. The molecule has 0 bridgehead atoms. The molecule has 3 rings (SSSR count). The quantitative estimate of drug-likeness (QED) is 0.375. The highest BCUT2D eigenvalue weighted by Crippen LogP contribution is 2.35. The summed E-state index contributed by atoms with van der Waals surface area (Å²) in [6.07, 6.45) is 1.19. The molecule has 0 unspecified atom stereocenters. The molecule has 8 heteroatoms. The molecular weight excluding hydrogens is 360 g/mol. The first-order valence-corrected chi connectivity index (χ1v) is 8.47. The summed E-state index contributed by atoms with van der Waals surface area (Å²) in [5.74, 6) is 0.214. The third-order valence-corrected chi connectivity index (χ3v) is 4.22. The van der Waals surface area contributed by atoms with Crippen LogP contribution in [0.5, 0.6) is 11.6 Å². The zero-order valence-corrected chi connectivity index (χ0v) is 15.6. The van der Waals surface area contributed by atoms with Gasteiger partial charge in [-0.25, -0.2) is 4.98 Å². The molecular formula is C20H18N4O4. The van der Waals surface area contributed by atoms with Gasteiger partial charge in [0.05, 0.1) is 4.92 Å². The Kier molecular flexibility index (Phi) is 5.30. The standard InChI is InChI=1S/C20H18N4O4/c1-12-4-9-17(10-13(12)2)28-20-18(24(26)27)19(21-11-22-20)23-16-7-5-15(6-8-16)14(3)25/h4-11H,1-3H3,(H,21,22,23). The van der Waals surface area contributed by atoms with Crippen molar-refractivity contribution in [2.75, 3.05) is 5.32 Å². The summed E-state index contributed by atoms with van der Waals surface area (Å²) < 4.78 is 5.66. The van der Waals surface area contributed by atoms with Crippen LogP contribution in [0.3, 0.4) is 0 Å². The van der Waals surface area contributed by atoms with Gasteiger partial charge in [-0.15, -0.1) is 0 Å². The van der Waals surface area contributed by atoms with Gasteiger partial charge in [0.15, 0.2) is 5.78 Å². The minimum atomic E-state index is -0.595. The molecule has 0 atom stereocenters. The normalized spacial score (nSPS) is 10.4. The predicted molar refractivity (Wildman–Crippen MR) is 104 cm³/mol. The summed E-state index contributed by atoms with van der Waals surface area (Å²) in [4.78, 5) is 30.3. The van der Waals surface area contributed by atoms with E-state index in [2.05, 4.69) is 15.3 Å². The number of anilines is 2. The zero-order chi connectivity index (χ0) is 20.3. The Morgan fingerprint density at radius 3 is 2.39 bits per heavy atom. The lowest BCUT2D eigenvalue weighted by Gasteiger charge is -2.10. The Hall–Kier alpha value is -3.81. The number of carbonyl (C=O) groups is 1. The van der Waals surface area contributed by atoms with Gasteiger partial charge < -0.3 is 10.1 Å². The van der Waals surface area contributed by atoms with Crippen molar-refractivity contribution in [3.8, 4) is 11.6 Å². The number of aromatic nitrogens is 2. The summed E-state index contributed by atoms with van der Waals surface area (Å²) in [7, 11) is 0. The highest BCUT2D eigenvalue weighted by molar-refractivity contribution is 5.94. The van der Waals surface area contributed by atoms with Gasteiger partial charge >= 0.3 is 11.6 Å². The van der Waals surface area contributed by atoms with Crippen LogP contribution < -0.4 is 10.1 Å². The van der Waals surface area contributed by atoms with E-state index in [-0.39, 0.29) is 23.2 Å². The van der Waals surface area contributed by atoms with E-state index in [0.717, 1.165) is 11.1 Å². The van der Waals surface area contributed by atoms with Crippen LogP contribution in [0.1, 0.15) is 28.4 Å². The van der Waals surface area contributed by atoms with Crippen LogP contribution in [0, 0.1) is 24.0 Å². The van der Waals surface area contributed by atoms with Gasteiger partial charge in [-0.3, -0.25) is 14.9 Å². The van der Waals surface area contributed by atoms with Crippen molar-refractivity contribution in [1.82, 2.24) is 9.97 Å². The van der Waals surface area contributed by atoms with Crippen LogP contribution in [0.15, 0.2) is 48.8 Å². The molecule has 1 aromatic heterocycles. The lowest BCUT2D eigenvalue weighted by Crippen LogP contribution is -2.04. The first-order valence-electron chi connectivity index (χ1n) is 8.47. The van der Waals surface area contributed by atoms with Gasteiger partial charge in [0.1, 0.15) is 12.1 Å². The zero-order valence-electron chi connectivity index (χ0n) is 15.6. The first kappa shape index (κ1) is 19.0. The highest BCUT2D eigenvalue weighted by atomic mass is 16.6. The molecule has 142 valence electrons. The Labute approximate surface area is 161 Å². The number of nitrogens with one attached hydrogen (secondary N) is 1. The van der Waals surface area contributed by atoms with Gasteiger partial charge in [-0.1, -0.05) is 6.07 Å². The minimum Gasteiger partial charge on any atom is -0.434 e. The maximum Gasteiger partial charge on any atom is 0.373 e. The number of nitro groups is 1. The first-order chi connectivity index (χ1) is 13.3. The molecule has 2 aromatic carbocycles. The number of benzene rings is 2. The Bertz CT molecular complexity index is 1050. The van der Waals surface area contributed by atoms with Gasteiger partial charge in [-0.05, 0) is 68.3 Å². The molecule has 0 spiro atoms. The lowest BCUT2D eigenvalue weighted by molar-refractivity contribution is -0.385. The number of hydrogen-bond donors (Lipinski definition) is 1. The average molecular weight is 378 g/mol. The fraction of sp³-hybridized carbons (Fsp3) is 0.150. The molecule has 0 saturated heterocycles. The number of Topliss-reactive ketones (excluding diaryl/α,β-unsaturated/α-hetero) is 1. The van der Waals surface area contributed by atoms with E-state index in [1.165, 1.54) is 13.3 Å². The number of carbonyl (C=O) groups excluding carboxylic acids is 1. The van der Waals surface area contributed by atoms with Crippen LogP contribution in [0.25, 0.3) is 0 Å². The fourth-order valence-electron chi connectivity index (χ4n) is 2.51. The summed E-state index contributed by atoms with van der Waals surface area (Å²) in [6.45, 7) is 5.36. The van der Waals surface area contributed by atoms with E-state index < -0.39 is 4.92 Å². The monoisotopic (exact) mass is 378 g/mol. The number of ether oxygens (including phenoxy) is 1. The van der Waals surface area contributed by atoms with Crippen molar-refractivity contribution in [1.29, 1.82) is 0 Å². The highest BCUT2D eigenvalue weighted by Gasteiger charge is 2.25. The molecule has 0 fully saturated rings. The summed E-state index contributed by atoms with van der Waals surface area (Å²) in [5.41, 5.74) is 2.79. The Morgan fingerprint density at radius 2 is 1.79 bits per heavy atom. The smallest absolute Gasteiger partial charge is 0.373 e. The van der Waals surface area contributed by atoms with Gasteiger partial charge in [0.25, 0.3) is 0 Å². The number of aryl methyl sites for hydroxylation is 2. The molecule has 1 heterocycles. The molecule has 8 nitrogen and oxygen atoms in total. The second kappa shape index (κ2) is 7.83. The van der Waals surface area contributed by atoms with E-state index in [0.29, 0.717) is 17.0 Å². The second-order valence-electron chi connectivity index (χ2n) is 6.24. The number of ketones is 1. The third-order valence-electron chi connectivity index (χ3n) is 4.22. The fourth-order valence-corrected chi connectivity index (χ4v) is 2.51. The molecule has 0 radical (unpaired) electrons. The van der Waals surface area contributed by atoms with Gasteiger partial charge in [0, 0.05) is 11.3 Å². The molecule has 0 saturated carbocycles. The number of hydrogen-bond acceptors (Lipinski definition) is 7. The van der Waals surface area contributed by atoms with Crippen molar-refractivity contribution in [3.63, 3.8) is 0 Å². The maximum atomic E-state index is 11.6. The SMILES string of the molecule is CC(=O)c1ccc(Nc2ncnc(Oc3ccc(C)c(C)c3)c2[N+](=O)[O-])cc1. The van der Waals surface area contributed by atoms with E-state index in [1.807, 2.05) is 19.9 Å². The molecule has 1 N–H and O–H groups in total. The summed E-state index contributed by atoms with van der Waals surface area (Å²) in [5, 5.41) is 14.5. The summed E-state index contributed by atoms with van der Waals surface area (Å²) >= 11 is 0. The van der Waals surface area contributed by atoms with Crippen LogP contribution >= 0.6 is 0 Å². The minimum absolute atomic E-state index is 0.00518. The molecule has 3 aromatic rings. The van der Waals surface area contributed by atoms with E-state index in [9.17, 15) is 14.9 Å². The van der Waals surface area contributed by atoms with Gasteiger partial charge in [0.2, 0.25) is 5.82 Å². The topological polar surface area (TPSA) is 107 Å². The maximum absolute atomic E-state index is 11.6. The van der Waals surface area contributed by atoms with E-state index in [1.54, 1.807) is 36.4 Å². The van der Waals surface area contributed by atoms with Crippen molar-refractivity contribution in [2.45, 2.75) is 20.8 Å². The second-order valence-corrected chi connectivity index (χ2v) is 6.24. The lowest BCUT2D eigenvalue weighted by atomic mass is 10.1. The van der Waals surface area contributed by atoms with Crippen molar-refractivity contribution in [3.05, 3.63) is 75.6 Å².